The van der Waals surface area contributed by atoms with Gasteiger partial charge in [0.1, 0.15) is 33.9 Å². The van der Waals surface area contributed by atoms with E-state index in [9.17, 15) is 5.26 Å². The Balaban J connectivity index is 1.80. The lowest BCUT2D eigenvalue weighted by molar-refractivity contribution is 0.340. The standard InChI is InChI=1S/C22H21N3O3S/c1-4-28-17-7-5-15(6-8-17)20-14-29-22(25-20)16(12-23)13-24-19-10-9-18(26-2)11-21(19)27-3/h5-11,13-14,24H,4H2,1-3H3/b16-13-. The van der Waals surface area contributed by atoms with Crippen LogP contribution in [0, 0.1) is 11.3 Å². The van der Waals surface area contributed by atoms with Crippen molar-refractivity contribution < 1.29 is 14.2 Å². The Morgan fingerprint density at radius 1 is 1.14 bits per heavy atom. The van der Waals surface area contributed by atoms with Gasteiger partial charge in [-0.1, -0.05) is 0 Å². The van der Waals surface area contributed by atoms with Gasteiger partial charge in [-0.25, -0.2) is 4.98 Å². The maximum Gasteiger partial charge on any atom is 0.145 e. The summed E-state index contributed by atoms with van der Waals surface area (Å²) in [6.07, 6.45) is 1.63. The fourth-order valence-electron chi connectivity index (χ4n) is 2.63. The van der Waals surface area contributed by atoms with Gasteiger partial charge in [0.05, 0.1) is 32.2 Å². The number of ether oxygens (including phenoxy) is 3. The second-order valence-corrected chi connectivity index (χ2v) is 6.73. The summed E-state index contributed by atoms with van der Waals surface area (Å²) in [5.41, 5.74) is 2.95. The van der Waals surface area contributed by atoms with Gasteiger partial charge in [-0.05, 0) is 43.3 Å². The Labute approximate surface area is 174 Å². The van der Waals surface area contributed by atoms with E-state index < -0.39 is 0 Å². The highest BCUT2D eigenvalue weighted by Crippen LogP contribution is 2.31. The number of nitrogens with zero attached hydrogens (tertiary/aromatic N) is 2. The molecule has 2 aromatic carbocycles. The minimum Gasteiger partial charge on any atom is -0.497 e. The highest BCUT2D eigenvalue weighted by atomic mass is 32.1. The lowest BCUT2D eigenvalue weighted by atomic mass is 10.2. The maximum atomic E-state index is 9.58. The van der Waals surface area contributed by atoms with E-state index in [1.54, 1.807) is 26.5 Å². The Morgan fingerprint density at radius 2 is 1.90 bits per heavy atom. The van der Waals surface area contributed by atoms with Crippen molar-refractivity contribution in [2.45, 2.75) is 6.92 Å². The molecule has 0 radical (unpaired) electrons. The molecule has 3 rings (SSSR count). The van der Waals surface area contributed by atoms with Crippen molar-refractivity contribution in [1.29, 1.82) is 5.26 Å². The number of thiazole rings is 1. The first-order chi connectivity index (χ1) is 14.2. The van der Waals surface area contributed by atoms with Crippen LogP contribution in [0.1, 0.15) is 11.9 Å². The number of hydrogen-bond acceptors (Lipinski definition) is 7. The van der Waals surface area contributed by atoms with E-state index in [1.165, 1.54) is 11.3 Å². The van der Waals surface area contributed by atoms with Crippen LogP contribution in [0.2, 0.25) is 0 Å². The smallest absolute Gasteiger partial charge is 0.145 e. The molecular weight excluding hydrogens is 386 g/mol. The topological polar surface area (TPSA) is 76.4 Å². The van der Waals surface area contributed by atoms with Gasteiger partial charge in [-0.2, -0.15) is 5.26 Å². The molecule has 3 aromatic rings. The minimum atomic E-state index is 0.435. The molecule has 0 atom stereocenters. The van der Waals surface area contributed by atoms with Crippen molar-refractivity contribution in [3.63, 3.8) is 0 Å². The molecular formula is C22H21N3O3S. The van der Waals surface area contributed by atoms with Crippen molar-refractivity contribution >= 4 is 22.6 Å². The molecule has 29 heavy (non-hydrogen) atoms. The number of benzene rings is 2. The maximum absolute atomic E-state index is 9.58. The third-order valence-corrected chi connectivity index (χ3v) is 4.97. The van der Waals surface area contributed by atoms with Gasteiger partial charge in [-0.3, -0.25) is 0 Å². The zero-order valence-corrected chi connectivity index (χ0v) is 17.2. The number of nitrogens with one attached hydrogen (secondary N) is 1. The Bertz CT molecular complexity index is 1040. The molecule has 0 bridgehead atoms. The molecule has 0 aliphatic rings. The van der Waals surface area contributed by atoms with Crippen LogP contribution >= 0.6 is 11.3 Å². The lowest BCUT2D eigenvalue weighted by Crippen LogP contribution is -1.95. The molecule has 148 valence electrons. The van der Waals surface area contributed by atoms with E-state index in [-0.39, 0.29) is 0 Å². The second-order valence-electron chi connectivity index (χ2n) is 5.88. The molecule has 0 spiro atoms. The van der Waals surface area contributed by atoms with E-state index in [4.69, 9.17) is 14.2 Å². The van der Waals surface area contributed by atoms with Gasteiger partial charge in [-0.15, -0.1) is 11.3 Å². The van der Waals surface area contributed by atoms with Gasteiger partial charge in [0.15, 0.2) is 0 Å². The highest BCUT2D eigenvalue weighted by Gasteiger charge is 2.10. The zero-order valence-electron chi connectivity index (χ0n) is 16.4. The summed E-state index contributed by atoms with van der Waals surface area (Å²) in [4.78, 5) is 4.61. The first-order valence-electron chi connectivity index (χ1n) is 8.96. The van der Waals surface area contributed by atoms with Crippen LogP contribution in [0.5, 0.6) is 17.2 Å². The van der Waals surface area contributed by atoms with E-state index in [1.807, 2.05) is 48.7 Å². The number of aromatic nitrogens is 1. The van der Waals surface area contributed by atoms with Crippen LogP contribution in [0.3, 0.4) is 0 Å². The van der Waals surface area contributed by atoms with Crippen LogP contribution in [-0.4, -0.2) is 25.8 Å². The highest BCUT2D eigenvalue weighted by molar-refractivity contribution is 7.11. The first-order valence-corrected chi connectivity index (χ1v) is 9.84. The summed E-state index contributed by atoms with van der Waals surface area (Å²) in [5, 5.41) is 15.3. The monoisotopic (exact) mass is 407 g/mol. The van der Waals surface area contributed by atoms with Crippen molar-refractivity contribution in [2.75, 3.05) is 26.1 Å². The summed E-state index contributed by atoms with van der Waals surface area (Å²) >= 11 is 1.42. The fourth-order valence-corrected chi connectivity index (χ4v) is 3.42. The van der Waals surface area contributed by atoms with E-state index in [0.29, 0.717) is 28.7 Å². The molecule has 6 nitrogen and oxygen atoms in total. The van der Waals surface area contributed by atoms with Crippen LogP contribution in [0.25, 0.3) is 16.8 Å². The number of methoxy groups -OCH3 is 2. The number of allylic oxidation sites excluding steroid dienone is 1. The number of anilines is 1. The fraction of sp³-hybridized carbons (Fsp3) is 0.182. The Morgan fingerprint density at radius 3 is 2.55 bits per heavy atom. The average Bonchev–Trinajstić information content (AvgIpc) is 3.25. The van der Waals surface area contributed by atoms with Crippen LogP contribution in [-0.2, 0) is 0 Å². The summed E-state index contributed by atoms with van der Waals surface area (Å²) < 4.78 is 16.0. The first kappa shape index (κ1) is 20.2. The molecule has 0 aliphatic heterocycles. The van der Waals surface area contributed by atoms with E-state index >= 15 is 0 Å². The van der Waals surface area contributed by atoms with Crippen molar-refractivity contribution in [1.82, 2.24) is 4.98 Å². The summed E-state index contributed by atoms with van der Waals surface area (Å²) in [6.45, 7) is 2.58. The number of hydrogen-bond donors (Lipinski definition) is 1. The molecule has 0 aliphatic carbocycles. The normalized spacial score (nSPS) is 10.9. The van der Waals surface area contributed by atoms with Gasteiger partial charge in [0, 0.05) is 23.2 Å². The van der Waals surface area contributed by atoms with Gasteiger partial charge < -0.3 is 19.5 Å². The zero-order chi connectivity index (χ0) is 20.6. The SMILES string of the molecule is CCOc1ccc(-c2csc(/C(C#N)=C\Nc3ccc(OC)cc3OC)n2)cc1. The van der Waals surface area contributed by atoms with Gasteiger partial charge in [0.25, 0.3) is 0 Å². The molecule has 1 aromatic heterocycles. The van der Waals surface area contributed by atoms with E-state index in [0.717, 1.165) is 22.7 Å². The minimum absolute atomic E-state index is 0.435. The molecule has 1 N–H and O–H groups in total. The van der Waals surface area contributed by atoms with Crippen molar-refractivity contribution in [2.24, 2.45) is 0 Å². The Kier molecular flexibility index (Phi) is 6.72. The quantitative estimate of drug-likeness (QED) is 0.517. The van der Waals surface area contributed by atoms with Gasteiger partial charge in [0.2, 0.25) is 0 Å². The predicted octanol–water partition coefficient (Wildman–Crippen LogP) is 5.20. The molecule has 0 fully saturated rings. The average molecular weight is 407 g/mol. The second kappa shape index (κ2) is 9.62. The summed E-state index contributed by atoms with van der Waals surface area (Å²) in [5.74, 6) is 2.13. The lowest BCUT2D eigenvalue weighted by Gasteiger charge is -2.10. The molecule has 0 unspecified atom stereocenters. The largest absolute Gasteiger partial charge is 0.497 e. The molecule has 1 heterocycles. The van der Waals surface area contributed by atoms with Gasteiger partial charge >= 0.3 is 0 Å². The van der Waals surface area contributed by atoms with E-state index in [2.05, 4.69) is 16.4 Å². The molecule has 0 saturated heterocycles. The number of rotatable bonds is 8. The third-order valence-electron chi connectivity index (χ3n) is 4.10. The van der Waals surface area contributed by atoms with Crippen molar-refractivity contribution in [3.8, 4) is 34.6 Å². The summed E-state index contributed by atoms with van der Waals surface area (Å²) in [6, 6.07) is 15.4. The van der Waals surface area contributed by atoms with Crippen molar-refractivity contribution in [3.05, 3.63) is 59.1 Å². The predicted molar refractivity (Wildman–Crippen MR) is 115 cm³/mol. The molecule has 7 heteroatoms. The van der Waals surface area contributed by atoms with Crippen LogP contribution < -0.4 is 19.5 Å². The molecule has 0 amide bonds. The molecule has 0 saturated carbocycles. The summed E-state index contributed by atoms with van der Waals surface area (Å²) in [7, 11) is 3.18. The number of nitriles is 1. The van der Waals surface area contributed by atoms with Crippen LogP contribution in [0.15, 0.2) is 54.0 Å². The van der Waals surface area contributed by atoms with Crippen LogP contribution in [0.4, 0.5) is 5.69 Å². The third kappa shape index (κ3) is 4.86. The Hall–Kier alpha value is -3.50.